The van der Waals surface area contributed by atoms with Gasteiger partial charge < -0.3 is 11.1 Å². The smallest absolute Gasteiger partial charge is 0.312 e. The summed E-state index contributed by atoms with van der Waals surface area (Å²) in [4.78, 5) is 34.5. The van der Waals surface area contributed by atoms with E-state index in [1.807, 2.05) is 0 Å². The summed E-state index contributed by atoms with van der Waals surface area (Å²) in [6.07, 6.45) is 0. The lowest BCUT2D eigenvalue weighted by Crippen LogP contribution is -2.15. The van der Waals surface area contributed by atoms with Crippen molar-refractivity contribution in [3.63, 3.8) is 0 Å². The number of rotatable bonds is 6. The zero-order chi connectivity index (χ0) is 22.0. The molecule has 3 N–H and O–H groups in total. The van der Waals surface area contributed by atoms with E-state index in [9.17, 15) is 19.7 Å². The van der Waals surface area contributed by atoms with Gasteiger partial charge >= 0.3 is 5.69 Å². The quantitative estimate of drug-likeness (QED) is 0.478. The first kappa shape index (κ1) is 20.7. The van der Waals surface area contributed by atoms with Crippen molar-refractivity contribution in [2.45, 2.75) is 27.3 Å². The van der Waals surface area contributed by atoms with Crippen molar-refractivity contribution in [3.05, 3.63) is 86.2 Å². The van der Waals surface area contributed by atoms with Gasteiger partial charge in [0.05, 0.1) is 11.5 Å². The molecule has 0 fully saturated rings. The third-order valence-electron chi connectivity index (χ3n) is 4.82. The van der Waals surface area contributed by atoms with Crippen molar-refractivity contribution in [3.8, 4) is 0 Å². The van der Waals surface area contributed by atoms with E-state index in [1.165, 1.54) is 0 Å². The molecule has 1 aromatic heterocycles. The second-order valence-corrected chi connectivity index (χ2v) is 6.98. The van der Waals surface area contributed by atoms with E-state index in [-0.39, 0.29) is 11.6 Å². The Hall–Kier alpha value is -4.01. The van der Waals surface area contributed by atoms with E-state index in [1.54, 1.807) is 67.9 Å². The molecule has 3 aromatic rings. The molecule has 1 heterocycles. The van der Waals surface area contributed by atoms with Crippen molar-refractivity contribution in [2.24, 2.45) is 5.73 Å². The van der Waals surface area contributed by atoms with Crippen molar-refractivity contribution in [2.75, 3.05) is 5.32 Å². The molecule has 9 nitrogen and oxygen atoms in total. The van der Waals surface area contributed by atoms with Gasteiger partial charge in [-0.15, -0.1) is 0 Å². The van der Waals surface area contributed by atoms with Gasteiger partial charge in [-0.3, -0.25) is 24.4 Å². The van der Waals surface area contributed by atoms with Crippen LogP contribution >= 0.6 is 0 Å². The summed E-state index contributed by atoms with van der Waals surface area (Å²) in [5.41, 5.74) is 9.10. The molecule has 0 atom stereocenters. The fraction of sp³-hybridized carbons (Fsp3) is 0.190. The number of aryl methyl sites for hydroxylation is 2. The molecular weight excluding hydrogens is 386 g/mol. The van der Waals surface area contributed by atoms with Crippen LogP contribution in [-0.2, 0) is 6.54 Å². The summed E-state index contributed by atoms with van der Waals surface area (Å²) in [5, 5.41) is 18.1. The molecule has 154 valence electrons. The van der Waals surface area contributed by atoms with Crippen LogP contribution < -0.4 is 11.1 Å². The molecule has 9 heteroatoms. The van der Waals surface area contributed by atoms with Crippen LogP contribution in [0, 0.1) is 30.9 Å². The molecule has 0 saturated carbocycles. The average Bonchev–Trinajstić information content (AvgIpc) is 2.95. The third-order valence-corrected chi connectivity index (χ3v) is 4.82. The molecule has 0 radical (unpaired) electrons. The van der Waals surface area contributed by atoms with Gasteiger partial charge in [-0.1, -0.05) is 12.1 Å². The van der Waals surface area contributed by atoms with Gasteiger partial charge in [0, 0.05) is 16.8 Å². The number of carbonyl (C=O) groups excluding carboxylic acids is 2. The Bertz CT molecular complexity index is 1150. The summed E-state index contributed by atoms with van der Waals surface area (Å²) in [6, 6.07) is 11.8. The first-order valence-electron chi connectivity index (χ1n) is 9.16. The number of carbonyl (C=O) groups is 2. The highest BCUT2D eigenvalue weighted by Crippen LogP contribution is 2.23. The van der Waals surface area contributed by atoms with Crippen LogP contribution in [0.5, 0.6) is 0 Å². The van der Waals surface area contributed by atoms with Crippen molar-refractivity contribution in [1.29, 1.82) is 0 Å². The number of benzene rings is 2. The van der Waals surface area contributed by atoms with Crippen LogP contribution in [0.3, 0.4) is 0 Å². The maximum atomic E-state index is 12.5. The first-order chi connectivity index (χ1) is 14.2. The molecule has 2 amide bonds. The molecule has 0 aliphatic heterocycles. The van der Waals surface area contributed by atoms with Crippen LogP contribution in [0.15, 0.2) is 42.5 Å². The minimum atomic E-state index is -0.520. The van der Waals surface area contributed by atoms with E-state index >= 15 is 0 Å². The average molecular weight is 407 g/mol. The maximum Gasteiger partial charge on any atom is 0.312 e. The molecule has 2 aromatic carbocycles. The van der Waals surface area contributed by atoms with Gasteiger partial charge in [-0.2, -0.15) is 5.10 Å². The Kier molecular flexibility index (Phi) is 5.63. The van der Waals surface area contributed by atoms with Gasteiger partial charge in [0.15, 0.2) is 0 Å². The minimum Gasteiger partial charge on any atom is -0.366 e. The van der Waals surface area contributed by atoms with E-state index in [4.69, 9.17) is 5.73 Å². The number of nitrogens with zero attached hydrogens (tertiary/aromatic N) is 3. The van der Waals surface area contributed by atoms with Gasteiger partial charge in [0.25, 0.3) is 5.91 Å². The molecule has 3 rings (SSSR count). The third kappa shape index (κ3) is 4.19. The van der Waals surface area contributed by atoms with E-state index in [2.05, 4.69) is 10.4 Å². The summed E-state index contributed by atoms with van der Waals surface area (Å²) < 4.78 is 1.58. The highest BCUT2D eigenvalue weighted by Gasteiger charge is 2.21. The predicted octanol–water partition coefficient (Wildman–Crippen LogP) is 3.12. The highest BCUT2D eigenvalue weighted by atomic mass is 16.6. The molecule has 0 bridgehead atoms. The maximum absolute atomic E-state index is 12.5. The van der Waals surface area contributed by atoms with Crippen molar-refractivity contribution in [1.82, 2.24) is 9.78 Å². The number of nitrogens with two attached hydrogens (primary N) is 1. The molecule has 0 unspecified atom stereocenters. The number of primary amides is 1. The molecule has 30 heavy (non-hydrogen) atoms. The standard InChI is InChI=1S/C21H21N5O4/c1-12-10-17(8-9-18(12)20(22)27)23-21(28)16-6-4-15(5-7-16)11-25-14(3)19(26(29)30)13(2)24-25/h4-10H,11H2,1-3H3,(H2,22,27)(H,23,28). The number of hydrogen-bond donors (Lipinski definition) is 2. The summed E-state index contributed by atoms with van der Waals surface area (Å²) >= 11 is 0. The second kappa shape index (κ2) is 8.16. The zero-order valence-electron chi connectivity index (χ0n) is 16.8. The van der Waals surface area contributed by atoms with Crippen LogP contribution in [-0.4, -0.2) is 26.5 Å². The monoisotopic (exact) mass is 407 g/mol. The highest BCUT2D eigenvalue weighted by molar-refractivity contribution is 6.04. The number of amides is 2. The lowest BCUT2D eigenvalue weighted by molar-refractivity contribution is -0.386. The van der Waals surface area contributed by atoms with Gasteiger partial charge in [0.2, 0.25) is 5.91 Å². The molecule has 0 spiro atoms. The van der Waals surface area contributed by atoms with Gasteiger partial charge in [0.1, 0.15) is 11.4 Å². The number of aromatic nitrogens is 2. The fourth-order valence-corrected chi connectivity index (χ4v) is 3.26. The molecule has 0 aliphatic rings. The SMILES string of the molecule is Cc1cc(NC(=O)c2ccc(Cn3nc(C)c([N+](=O)[O-])c3C)cc2)ccc1C(N)=O. The number of nitro groups is 1. The Morgan fingerprint density at radius 1 is 1.13 bits per heavy atom. The number of anilines is 1. The van der Waals surface area contributed by atoms with E-state index in [0.717, 1.165) is 5.56 Å². The normalized spacial score (nSPS) is 10.6. The molecule has 0 aliphatic carbocycles. The first-order valence-corrected chi connectivity index (χ1v) is 9.16. The minimum absolute atomic E-state index is 0.0173. The van der Waals surface area contributed by atoms with Crippen LogP contribution in [0.25, 0.3) is 0 Å². The number of hydrogen-bond acceptors (Lipinski definition) is 5. The lowest BCUT2D eigenvalue weighted by Gasteiger charge is -2.09. The van der Waals surface area contributed by atoms with Crippen molar-refractivity contribution >= 4 is 23.2 Å². The predicted molar refractivity (Wildman–Crippen MR) is 112 cm³/mol. The summed E-state index contributed by atoms with van der Waals surface area (Å²) in [7, 11) is 0. The Labute approximate surface area is 172 Å². The fourth-order valence-electron chi connectivity index (χ4n) is 3.26. The summed E-state index contributed by atoms with van der Waals surface area (Å²) in [5.74, 6) is -0.816. The number of nitrogens with one attached hydrogen (secondary N) is 1. The lowest BCUT2D eigenvalue weighted by atomic mass is 10.1. The van der Waals surface area contributed by atoms with Crippen molar-refractivity contribution < 1.29 is 14.5 Å². The zero-order valence-corrected chi connectivity index (χ0v) is 16.8. The topological polar surface area (TPSA) is 133 Å². The van der Waals surface area contributed by atoms with E-state index in [0.29, 0.717) is 40.3 Å². The Morgan fingerprint density at radius 2 is 1.80 bits per heavy atom. The Balaban J connectivity index is 1.72. The summed E-state index contributed by atoms with van der Waals surface area (Å²) in [6.45, 7) is 5.36. The molecule has 0 saturated heterocycles. The van der Waals surface area contributed by atoms with Gasteiger partial charge in [-0.25, -0.2) is 0 Å². The van der Waals surface area contributed by atoms with Gasteiger partial charge in [-0.05, 0) is 62.2 Å². The largest absolute Gasteiger partial charge is 0.366 e. The Morgan fingerprint density at radius 3 is 2.33 bits per heavy atom. The van der Waals surface area contributed by atoms with E-state index < -0.39 is 10.8 Å². The second-order valence-electron chi connectivity index (χ2n) is 6.98. The van der Waals surface area contributed by atoms with Crippen LogP contribution in [0.2, 0.25) is 0 Å². The van der Waals surface area contributed by atoms with Crippen LogP contribution in [0.1, 0.15) is 43.2 Å². The molecular formula is C21H21N5O4. The van der Waals surface area contributed by atoms with Crippen LogP contribution in [0.4, 0.5) is 11.4 Å².